The van der Waals surface area contributed by atoms with E-state index in [1.807, 2.05) is 6.07 Å². The van der Waals surface area contributed by atoms with E-state index in [0.29, 0.717) is 37.4 Å². The largest absolute Gasteiger partial charge is 0.462 e. The predicted molar refractivity (Wildman–Crippen MR) is 89.2 cm³/mol. The fourth-order valence-electron chi connectivity index (χ4n) is 1.73. The molecule has 1 amide bonds. The first-order chi connectivity index (χ1) is 11.6. The lowest BCUT2D eigenvalue weighted by atomic mass is 10.2. The SMILES string of the molecule is CCOC(=O)c1ccc(N/C=C(/C#N)C(=O)NCCCOC)cc1. The molecule has 0 aliphatic carbocycles. The second kappa shape index (κ2) is 10.8. The summed E-state index contributed by atoms with van der Waals surface area (Å²) in [5, 5.41) is 14.5. The number of methoxy groups -OCH3 is 1. The van der Waals surface area contributed by atoms with Crippen molar-refractivity contribution in [3.8, 4) is 6.07 Å². The number of amides is 1. The molecular formula is C17H21N3O4. The molecule has 1 rings (SSSR count). The molecule has 0 spiro atoms. The monoisotopic (exact) mass is 331 g/mol. The summed E-state index contributed by atoms with van der Waals surface area (Å²) in [5.74, 6) is -0.850. The number of nitriles is 1. The molecule has 0 aliphatic heterocycles. The van der Waals surface area contributed by atoms with Crippen LogP contribution in [0.5, 0.6) is 0 Å². The molecule has 128 valence electrons. The fourth-order valence-corrected chi connectivity index (χ4v) is 1.73. The van der Waals surface area contributed by atoms with Crippen LogP contribution in [0.15, 0.2) is 36.0 Å². The molecule has 0 heterocycles. The van der Waals surface area contributed by atoms with Crippen molar-refractivity contribution in [1.82, 2.24) is 5.32 Å². The van der Waals surface area contributed by atoms with Crippen molar-refractivity contribution in [3.05, 3.63) is 41.6 Å². The lowest BCUT2D eigenvalue weighted by Gasteiger charge is -2.06. The van der Waals surface area contributed by atoms with E-state index in [1.54, 1.807) is 38.3 Å². The highest BCUT2D eigenvalue weighted by molar-refractivity contribution is 5.97. The summed E-state index contributed by atoms with van der Waals surface area (Å²) >= 11 is 0. The van der Waals surface area contributed by atoms with Crippen molar-refractivity contribution in [2.75, 3.05) is 32.2 Å². The molecule has 2 N–H and O–H groups in total. The summed E-state index contributed by atoms with van der Waals surface area (Å²) in [7, 11) is 1.58. The third-order valence-electron chi connectivity index (χ3n) is 2.96. The number of nitrogens with zero attached hydrogens (tertiary/aromatic N) is 1. The number of hydrogen-bond acceptors (Lipinski definition) is 6. The topological polar surface area (TPSA) is 100 Å². The molecule has 0 aromatic heterocycles. The molecule has 7 nitrogen and oxygen atoms in total. The van der Waals surface area contributed by atoms with Crippen molar-refractivity contribution < 1.29 is 19.1 Å². The van der Waals surface area contributed by atoms with Gasteiger partial charge < -0.3 is 20.1 Å². The number of ether oxygens (including phenoxy) is 2. The first kappa shape index (κ1) is 19.2. The average molecular weight is 331 g/mol. The Morgan fingerprint density at radius 2 is 2.00 bits per heavy atom. The third kappa shape index (κ3) is 6.50. The molecule has 0 unspecified atom stereocenters. The lowest BCUT2D eigenvalue weighted by molar-refractivity contribution is -0.117. The molecular weight excluding hydrogens is 310 g/mol. The number of anilines is 1. The van der Waals surface area contributed by atoms with Crippen LogP contribution >= 0.6 is 0 Å². The summed E-state index contributed by atoms with van der Waals surface area (Å²) in [4.78, 5) is 23.4. The van der Waals surface area contributed by atoms with Gasteiger partial charge in [0.1, 0.15) is 11.6 Å². The molecule has 1 aromatic rings. The zero-order valence-corrected chi connectivity index (χ0v) is 13.8. The molecule has 1 aromatic carbocycles. The van der Waals surface area contributed by atoms with Gasteiger partial charge in [-0.2, -0.15) is 5.26 Å². The van der Waals surface area contributed by atoms with E-state index in [1.165, 1.54) is 6.20 Å². The maximum absolute atomic E-state index is 11.8. The third-order valence-corrected chi connectivity index (χ3v) is 2.96. The Morgan fingerprint density at radius 1 is 1.29 bits per heavy atom. The van der Waals surface area contributed by atoms with Gasteiger partial charge >= 0.3 is 5.97 Å². The second-order valence-electron chi connectivity index (χ2n) is 4.71. The minimum absolute atomic E-state index is 0.0399. The van der Waals surface area contributed by atoms with Gasteiger partial charge in [0.2, 0.25) is 0 Å². The van der Waals surface area contributed by atoms with Crippen LogP contribution in [0.1, 0.15) is 23.7 Å². The van der Waals surface area contributed by atoms with E-state index >= 15 is 0 Å². The summed E-state index contributed by atoms with van der Waals surface area (Å²) < 4.78 is 9.77. The van der Waals surface area contributed by atoms with Gasteiger partial charge in [-0.3, -0.25) is 4.79 Å². The highest BCUT2D eigenvalue weighted by atomic mass is 16.5. The van der Waals surface area contributed by atoms with Crippen LogP contribution in [0.4, 0.5) is 5.69 Å². The van der Waals surface area contributed by atoms with E-state index in [4.69, 9.17) is 14.7 Å². The lowest BCUT2D eigenvalue weighted by Crippen LogP contribution is -2.26. The van der Waals surface area contributed by atoms with Crippen molar-refractivity contribution in [2.45, 2.75) is 13.3 Å². The summed E-state index contributed by atoms with van der Waals surface area (Å²) in [6.45, 7) is 3.02. The van der Waals surface area contributed by atoms with Crippen molar-refractivity contribution in [3.63, 3.8) is 0 Å². The van der Waals surface area contributed by atoms with E-state index in [2.05, 4.69) is 10.6 Å². The van der Waals surface area contributed by atoms with E-state index in [-0.39, 0.29) is 5.57 Å². The minimum atomic E-state index is -0.454. The number of rotatable bonds is 9. The summed E-state index contributed by atoms with van der Waals surface area (Å²) in [6, 6.07) is 8.37. The molecule has 0 saturated heterocycles. The number of esters is 1. The summed E-state index contributed by atoms with van der Waals surface area (Å²) in [6.07, 6.45) is 1.99. The van der Waals surface area contributed by atoms with Gasteiger partial charge in [-0.05, 0) is 37.6 Å². The van der Waals surface area contributed by atoms with Crippen LogP contribution in [-0.2, 0) is 14.3 Å². The maximum Gasteiger partial charge on any atom is 0.338 e. The van der Waals surface area contributed by atoms with Crippen LogP contribution in [0.2, 0.25) is 0 Å². The predicted octanol–water partition coefficient (Wildman–Crippen LogP) is 1.84. The first-order valence-corrected chi connectivity index (χ1v) is 7.53. The molecule has 0 aliphatic rings. The molecule has 0 atom stereocenters. The zero-order chi connectivity index (χ0) is 17.8. The van der Waals surface area contributed by atoms with Crippen molar-refractivity contribution >= 4 is 17.6 Å². The molecule has 0 radical (unpaired) electrons. The van der Waals surface area contributed by atoms with Crippen LogP contribution in [0.3, 0.4) is 0 Å². The maximum atomic E-state index is 11.8. The van der Waals surface area contributed by atoms with Crippen LogP contribution in [-0.4, -0.2) is 38.7 Å². The average Bonchev–Trinajstić information content (AvgIpc) is 2.60. The van der Waals surface area contributed by atoms with Gasteiger partial charge in [0, 0.05) is 32.1 Å². The Balaban J connectivity index is 2.60. The normalized spacial score (nSPS) is 10.6. The zero-order valence-electron chi connectivity index (χ0n) is 13.8. The Labute approximate surface area is 141 Å². The second-order valence-corrected chi connectivity index (χ2v) is 4.71. The number of carbonyl (C=O) groups is 2. The standard InChI is InChI=1S/C17H21N3O4/c1-3-24-17(22)13-5-7-15(8-6-13)20-12-14(11-18)16(21)19-9-4-10-23-2/h5-8,12,20H,3-4,9-10H2,1-2H3,(H,19,21)/b14-12-. The van der Waals surface area contributed by atoms with Crippen molar-refractivity contribution in [1.29, 1.82) is 5.26 Å². The molecule has 0 saturated carbocycles. The number of benzene rings is 1. The van der Waals surface area contributed by atoms with E-state index in [9.17, 15) is 9.59 Å². The van der Waals surface area contributed by atoms with Crippen LogP contribution < -0.4 is 10.6 Å². The first-order valence-electron chi connectivity index (χ1n) is 7.53. The quantitative estimate of drug-likeness (QED) is 0.310. The van der Waals surface area contributed by atoms with E-state index in [0.717, 1.165) is 0 Å². The minimum Gasteiger partial charge on any atom is -0.462 e. The van der Waals surface area contributed by atoms with Gasteiger partial charge in [-0.25, -0.2) is 4.79 Å². The Bertz CT molecular complexity index is 618. The van der Waals surface area contributed by atoms with Crippen LogP contribution in [0.25, 0.3) is 0 Å². The summed E-state index contributed by atoms with van der Waals surface area (Å²) in [5.41, 5.74) is 1.03. The fraction of sp³-hybridized carbons (Fsp3) is 0.353. The Hall–Kier alpha value is -2.85. The van der Waals surface area contributed by atoms with Crippen molar-refractivity contribution in [2.24, 2.45) is 0 Å². The molecule has 0 bridgehead atoms. The van der Waals surface area contributed by atoms with Crippen LogP contribution in [0, 0.1) is 11.3 Å². The Kier molecular flexibility index (Phi) is 8.64. The molecule has 24 heavy (non-hydrogen) atoms. The number of nitrogens with one attached hydrogen (secondary N) is 2. The smallest absolute Gasteiger partial charge is 0.338 e. The van der Waals surface area contributed by atoms with Gasteiger partial charge in [-0.1, -0.05) is 0 Å². The Morgan fingerprint density at radius 3 is 2.58 bits per heavy atom. The highest BCUT2D eigenvalue weighted by Crippen LogP contribution is 2.11. The highest BCUT2D eigenvalue weighted by Gasteiger charge is 2.08. The van der Waals surface area contributed by atoms with Gasteiger partial charge in [-0.15, -0.1) is 0 Å². The molecule has 7 heteroatoms. The van der Waals surface area contributed by atoms with Gasteiger partial charge in [0.05, 0.1) is 12.2 Å². The number of hydrogen-bond donors (Lipinski definition) is 2. The van der Waals surface area contributed by atoms with E-state index < -0.39 is 11.9 Å². The molecule has 0 fully saturated rings. The van der Waals surface area contributed by atoms with Gasteiger partial charge in [0.25, 0.3) is 5.91 Å². The number of carbonyl (C=O) groups excluding carboxylic acids is 2. The van der Waals surface area contributed by atoms with Gasteiger partial charge in [0.15, 0.2) is 0 Å².